The molecule has 3 aromatic rings. The van der Waals surface area contributed by atoms with Crippen LogP contribution in [0.4, 0.5) is 5.69 Å². The zero-order valence-corrected chi connectivity index (χ0v) is 18.7. The predicted molar refractivity (Wildman–Crippen MR) is 122 cm³/mol. The molecule has 0 bridgehead atoms. The molecule has 0 saturated carbocycles. The molecule has 166 valence electrons. The number of amides is 1. The molecule has 3 rings (SSSR count). The van der Waals surface area contributed by atoms with Crippen molar-refractivity contribution in [1.29, 1.82) is 0 Å². The molecule has 0 aliphatic heterocycles. The first kappa shape index (κ1) is 22.5. The summed E-state index contributed by atoms with van der Waals surface area (Å²) in [5, 5.41) is 2.91. The minimum Gasteiger partial charge on any atom is -0.326 e. The molecule has 0 atom stereocenters. The van der Waals surface area contributed by atoms with E-state index in [9.17, 15) is 14.4 Å². The number of nitrogens with one attached hydrogen (secondary N) is 2. The normalized spacial score (nSPS) is 11.4. The average molecular weight is 426 g/mol. The van der Waals surface area contributed by atoms with E-state index >= 15 is 0 Å². The van der Waals surface area contributed by atoms with E-state index in [1.165, 1.54) is 4.57 Å². The average Bonchev–Trinajstić information content (AvgIpc) is 3.04. The van der Waals surface area contributed by atoms with Crippen LogP contribution in [0.15, 0.2) is 33.9 Å². The molecule has 2 aromatic heterocycles. The Morgan fingerprint density at radius 2 is 2.00 bits per heavy atom. The largest absolute Gasteiger partial charge is 0.330 e. The molecular formula is C23H31N5O3. The molecule has 8 heteroatoms. The summed E-state index contributed by atoms with van der Waals surface area (Å²) in [5.41, 5.74) is 1.75. The Kier molecular flexibility index (Phi) is 7.09. The molecule has 0 unspecified atom stereocenters. The van der Waals surface area contributed by atoms with Crippen LogP contribution in [0, 0.1) is 12.8 Å². The minimum absolute atomic E-state index is 0.119. The maximum absolute atomic E-state index is 12.6. The lowest BCUT2D eigenvalue weighted by Gasteiger charge is -2.12. The van der Waals surface area contributed by atoms with Gasteiger partial charge < -0.3 is 9.88 Å². The molecule has 8 nitrogen and oxygen atoms in total. The molecule has 2 heterocycles. The van der Waals surface area contributed by atoms with Crippen molar-refractivity contribution in [2.24, 2.45) is 5.92 Å². The van der Waals surface area contributed by atoms with Crippen molar-refractivity contribution in [1.82, 2.24) is 19.1 Å². The summed E-state index contributed by atoms with van der Waals surface area (Å²) in [7, 11) is 0. The van der Waals surface area contributed by atoms with Crippen LogP contribution < -0.4 is 16.6 Å². The van der Waals surface area contributed by atoms with Gasteiger partial charge in [-0.1, -0.05) is 39.3 Å². The van der Waals surface area contributed by atoms with E-state index in [4.69, 9.17) is 0 Å². The number of imidazole rings is 1. The van der Waals surface area contributed by atoms with Gasteiger partial charge in [-0.25, -0.2) is 9.78 Å². The molecule has 2 N–H and O–H groups in total. The minimum atomic E-state index is -0.441. The highest BCUT2D eigenvalue weighted by atomic mass is 16.2. The van der Waals surface area contributed by atoms with Gasteiger partial charge in [0.25, 0.3) is 5.56 Å². The summed E-state index contributed by atoms with van der Waals surface area (Å²) in [4.78, 5) is 44.6. The SMILES string of the molecule is CCCCn1c(=O)[nH]c(=O)c2c1nc(CCC(=O)Nc1cccc(C)c1)n2CC(C)C. The third kappa shape index (κ3) is 5.31. The quantitative estimate of drug-likeness (QED) is 0.549. The van der Waals surface area contributed by atoms with Crippen LogP contribution >= 0.6 is 0 Å². The second-order valence-corrected chi connectivity index (χ2v) is 8.39. The van der Waals surface area contributed by atoms with Crippen molar-refractivity contribution < 1.29 is 4.79 Å². The summed E-state index contributed by atoms with van der Waals surface area (Å²) in [6.45, 7) is 9.21. The van der Waals surface area contributed by atoms with Gasteiger partial charge in [0, 0.05) is 31.6 Å². The number of nitrogens with zero attached hydrogens (tertiary/aromatic N) is 3. The highest BCUT2D eigenvalue weighted by Gasteiger charge is 2.19. The third-order valence-electron chi connectivity index (χ3n) is 5.13. The number of rotatable bonds is 9. The molecular weight excluding hydrogens is 394 g/mol. The number of aryl methyl sites for hydroxylation is 3. The number of unbranched alkanes of at least 4 members (excludes halogenated alkanes) is 1. The fourth-order valence-electron chi connectivity index (χ4n) is 3.67. The molecule has 1 amide bonds. The van der Waals surface area contributed by atoms with Crippen LogP contribution in [-0.2, 0) is 24.3 Å². The first-order valence-corrected chi connectivity index (χ1v) is 10.9. The number of aromatic nitrogens is 4. The van der Waals surface area contributed by atoms with E-state index in [0.717, 1.165) is 24.1 Å². The van der Waals surface area contributed by atoms with Crippen molar-refractivity contribution in [3.05, 3.63) is 56.5 Å². The third-order valence-corrected chi connectivity index (χ3v) is 5.13. The number of hydrogen-bond acceptors (Lipinski definition) is 4. The van der Waals surface area contributed by atoms with E-state index in [-0.39, 0.29) is 18.2 Å². The van der Waals surface area contributed by atoms with Crippen LogP contribution in [-0.4, -0.2) is 25.0 Å². The predicted octanol–water partition coefficient (Wildman–Crippen LogP) is 3.22. The number of carbonyl (C=O) groups excluding carboxylic acids is 1. The van der Waals surface area contributed by atoms with Gasteiger partial charge in [-0.15, -0.1) is 0 Å². The Bertz CT molecular complexity index is 1190. The number of benzene rings is 1. The van der Waals surface area contributed by atoms with Crippen LogP contribution in [0.25, 0.3) is 11.2 Å². The highest BCUT2D eigenvalue weighted by molar-refractivity contribution is 5.90. The molecule has 0 aliphatic rings. The summed E-state index contributed by atoms with van der Waals surface area (Å²) in [6, 6.07) is 7.64. The van der Waals surface area contributed by atoms with Crippen LogP contribution in [0.2, 0.25) is 0 Å². The van der Waals surface area contributed by atoms with Crippen molar-refractivity contribution in [2.45, 2.75) is 66.5 Å². The van der Waals surface area contributed by atoms with Crippen molar-refractivity contribution >= 4 is 22.8 Å². The Morgan fingerprint density at radius 3 is 2.68 bits per heavy atom. The zero-order valence-electron chi connectivity index (χ0n) is 18.7. The second kappa shape index (κ2) is 9.76. The maximum atomic E-state index is 12.6. The number of anilines is 1. The number of aromatic amines is 1. The van der Waals surface area contributed by atoms with Gasteiger partial charge in [0.05, 0.1) is 0 Å². The Balaban J connectivity index is 1.93. The van der Waals surface area contributed by atoms with Crippen LogP contribution in [0.5, 0.6) is 0 Å². The molecule has 0 fully saturated rings. The monoisotopic (exact) mass is 425 g/mol. The molecule has 31 heavy (non-hydrogen) atoms. The summed E-state index contributed by atoms with van der Waals surface area (Å²) in [6.07, 6.45) is 2.34. The molecule has 1 aromatic carbocycles. The number of carbonyl (C=O) groups is 1. The molecule has 0 saturated heterocycles. The Morgan fingerprint density at radius 1 is 1.23 bits per heavy atom. The topological polar surface area (TPSA) is 102 Å². The van der Waals surface area contributed by atoms with Gasteiger partial charge in [-0.3, -0.25) is 19.1 Å². The van der Waals surface area contributed by atoms with Gasteiger partial charge in [0.1, 0.15) is 5.82 Å². The summed E-state index contributed by atoms with van der Waals surface area (Å²) < 4.78 is 3.40. The van der Waals surface area contributed by atoms with Crippen LogP contribution in [0.3, 0.4) is 0 Å². The zero-order chi connectivity index (χ0) is 22.5. The van der Waals surface area contributed by atoms with Gasteiger partial charge in [0.2, 0.25) is 5.91 Å². The molecule has 0 spiro atoms. The lowest BCUT2D eigenvalue weighted by molar-refractivity contribution is -0.116. The van der Waals surface area contributed by atoms with Crippen molar-refractivity contribution in [2.75, 3.05) is 5.32 Å². The molecule has 0 aliphatic carbocycles. The smallest absolute Gasteiger partial charge is 0.326 e. The van der Waals surface area contributed by atoms with E-state index in [0.29, 0.717) is 36.5 Å². The maximum Gasteiger partial charge on any atom is 0.330 e. The van der Waals surface area contributed by atoms with Gasteiger partial charge >= 0.3 is 5.69 Å². The standard InChI is InChI=1S/C23H31N5O3/c1-5-6-12-27-21-20(22(30)26-23(27)31)28(14-15(2)3)18(25-21)10-11-19(29)24-17-9-7-8-16(4)13-17/h7-9,13,15H,5-6,10-12,14H2,1-4H3,(H,24,29)(H,26,30,31). The fraction of sp³-hybridized carbons (Fsp3) is 0.478. The number of H-pyrrole nitrogens is 1. The lowest BCUT2D eigenvalue weighted by atomic mass is 10.2. The van der Waals surface area contributed by atoms with Gasteiger partial charge in [-0.05, 0) is 37.0 Å². The van der Waals surface area contributed by atoms with E-state index in [1.54, 1.807) is 0 Å². The van der Waals surface area contributed by atoms with Crippen molar-refractivity contribution in [3.63, 3.8) is 0 Å². The summed E-state index contributed by atoms with van der Waals surface area (Å²) in [5.74, 6) is 0.795. The van der Waals surface area contributed by atoms with Gasteiger partial charge in [-0.2, -0.15) is 0 Å². The Hall–Kier alpha value is -3.16. The van der Waals surface area contributed by atoms with E-state index in [1.807, 2.05) is 42.7 Å². The van der Waals surface area contributed by atoms with Crippen LogP contribution in [0.1, 0.15) is 51.4 Å². The first-order chi connectivity index (χ1) is 14.8. The highest BCUT2D eigenvalue weighted by Crippen LogP contribution is 2.17. The molecule has 0 radical (unpaired) electrons. The second-order valence-electron chi connectivity index (χ2n) is 8.39. The van der Waals surface area contributed by atoms with Gasteiger partial charge in [0.15, 0.2) is 11.2 Å². The number of fused-ring (bicyclic) bond motifs is 1. The van der Waals surface area contributed by atoms with E-state index < -0.39 is 11.2 Å². The van der Waals surface area contributed by atoms with E-state index in [2.05, 4.69) is 29.1 Å². The Labute approximate surface area is 181 Å². The fourth-order valence-corrected chi connectivity index (χ4v) is 3.67. The lowest BCUT2D eigenvalue weighted by Crippen LogP contribution is -2.31. The first-order valence-electron chi connectivity index (χ1n) is 10.9. The van der Waals surface area contributed by atoms with Crippen molar-refractivity contribution in [3.8, 4) is 0 Å². The number of hydrogen-bond donors (Lipinski definition) is 2. The summed E-state index contributed by atoms with van der Waals surface area (Å²) >= 11 is 0.